The van der Waals surface area contributed by atoms with E-state index < -0.39 is 11.5 Å². The molecule has 2 atom stereocenters. The number of phenols is 1. The molecule has 1 heterocycles. The quantitative estimate of drug-likeness (QED) is 0.133. The fourth-order valence-electron chi connectivity index (χ4n) is 6.68. The van der Waals surface area contributed by atoms with Crippen LogP contribution in [0.15, 0.2) is 78.9 Å². The lowest BCUT2D eigenvalue weighted by Gasteiger charge is -2.37. The Kier molecular flexibility index (Phi) is 12.6. The third-order valence-electron chi connectivity index (χ3n) is 9.06. The summed E-state index contributed by atoms with van der Waals surface area (Å²) in [6, 6.07) is 25.0. The first-order chi connectivity index (χ1) is 21.0. The second-order valence-corrected chi connectivity index (χ2v) is 11.9. The van der Waals surface area contributed by atoms with E-state index in [2.05, 4.69) is 10.2 Å². The number of likely N-dealkylation sites (tertiary alicyclic amines) is 1. The van der Waals surface area contributed by atoms with E-state index in [0.717, 1.165) is 50.1 Å². The van der Waals surface area contributed by atoms with Crippen molar-refractivity contribution in [3.8, 4) is 5.75 Å². The summed E-state index contributed by atoms with van der Waals surface area (Å²) in [4.78, 5) is 15.8. The average Bonchev–Trinajstić information content (AvgIpc) is 3.50. The smallest absolute Gasteiger partial charge is 0.232 e. The average molecular weight is 588 g/mol. The summed E-state index contributed by atoms with van der Waals surface area (Å²) in [6.45, 7) is 3.99. The van der Waals surface area contributed by atoms with Gasteiger partial charge in [0.2, 0.25) is 5.91 Å². The van der Waals surface area contributed by atoms with Gasteiger partial charge in [-0.15, -0.1) is 0 Å². The van der Waals surface area contributed by atoms with Gasteiger partial charge < -0.3 is 31.3 Å². The molecule has 232 valence electrons. The fourth-order valence-corrected chi connectivity index (χ4v) is 6.68. The molecule has 7 heteroatoms. The van der Waals surface area contributed by atoms with E-state index in [0.29, 0.717) is 17.7 Å². The first-order valence-corrected chi connectivity index (χ1v) is 15.9. The van der Waals surface area contributed by atoms with E-state index in [1.807, 2.05) is 60.7 Å². The largest absolute Gasteiger partial charge is 0.508 e. The number of rotatable bonds is 18. The van der Waals surface area contributed by atoms with Crippen molar-refractivity contribution in [2.75, 3.05) is 32.7 Å². The van der Waals surface area contributed by atoms with Crippen molar-refractivity contribution < 1.29 is 20.1 Å². The molecule has 2 unspecified atom stereocenters. The molecule has 0 bridgehead atoms. The van der Waals surface area contributed by atoms with Crippen LogP contribution in [-0.2, 0) is 16.8 Å². The van der Waals surface area contributed by atoms with Gasteiger partial charge in [-0.05, 0) is 73.6 Å². The number of nitrogens with zero attached hydrogens (tertiary/aromatic N) is 1. The van der Waals surface area contributed by atoms with Gasteiger partial charge in [0, 0.05) is 18.7 Å². The number of benzene rings is 3. The summed E-state index contributed by atoms with van der Waals surface area (Å²) in [5, 5.41) is 32.6. The summed E-state index contributed by atoms with van der Waals surface area (Å²) < 4.78 is 0. The minimum absolute atomic E-state index is 0.0463. The lowest BCUT2D eigenvalue weighted by atomic mass is 9.64. The number of primary amides is 1. The molecule has 1 amide bonds. The standard InChI is InChI=1S/C36H49N3O4/c37-35(43)36(30-14-8-6-9-15-30,31-16-10-7-11-17-31)32-20-23-39(26-32)22-13-5-3-1-2-4-12-21-38-25-34(42)28-18-19-33(41)29(24-28)27-40/h6-11,14-19,24,32,34,38,40-42H,1-5,12-13,20-23,25-27H2,(H2,37,43). The topological polar surface area (TPSA) is 119 Å². The zero-order valence-electron chi connectivity index (χ0n) is 25.3. The lowest BCUT2D eigenvalue weighted by molar-refractivity contribution is -0.123. The molecule has 0 aliphatic carbocycles. The van der Waals surface area contributed by atoms with Crippen molar-refractivity contribution in [2.45, 2.75) is 69.5 Å². The summed E-state index contributed by atoms with van der Waals surface area (Å²) in [5.41, 5.74) is 8.51. The van der Waals surface area contributed by atoms with Crippen LogP contribution in [0.1, 0.15) is 79.7 Å². The molecule has 1 fully saturated rings. The van der Waals surface area contributed by atoms with E-state index in [1.165, 1.54) is 44.6 Å². The maximum Gasteiger partial charge on any atom is 0.232 e. The third-order valence-corrected chi connectivity index (χ3v) is 9.06. The number of nitrogens with two attached hydrogens (primary N) is 1. The van der Waals surface area contributed by atoms with Gasteiger partial charge in [-0.2, -0.15) is 0 Å². The normalized spacial score (nSPS) is 16.4. The summed E-state index contributed by atoms with van der Waals surface area (Å²) in [6.07, 6.45) is 8.59. The lowest BCUT2D eigenvalue weighted by Crippen LogP contribution is -2.49. The summed E-state index contributed by atoms with van der Waals surface area (Å²) in [5.74, 6) is -0.0780. The summed E-state index contributed by atoms with van der Waals surface area (Å²) in [7, 11) is 0. The van der Waals surface area contributed by atoms with Crippen molar-refractivity contribution >= 4 is 5.91 Å². The Bertz CT molecular complexity index is 1210. The highest BCUT2D eigenvalue weighted by Crippen LogP contribution is 2.43. The van der Waals surface area contributed by atoms with Crippen LogP contribution < -0.4 is 11.1 Å². The van der Waals surface area contributed by atoms with Gasteiger partial charge in [-0.25, -0.2) is 0 Å². The number of aliphatic hydroxyl groups excluding tert-OH is 2. The molecule has 3 aromatic carbocycles. The Hall–Kier alpha value is -3.23. The SMILES string of the molecule is NC(=O)C(c1ccccc1)(c1ccccc1)C1CCN(CCCCCCCCCNCC(O)c2ccc(O)c(CO)c2)C1. The van der Waals surface area contributed by atoms with Crippen molar-refractivity contribution in [1.82, 2.24) is 10.2 Å². The van der Waals surface area contributed by atoms with Crippen molar-refractivity contribution in [2.24, 2.45) is 11.7 Å². The summed E-state index contributed by atoms with van der Waals surface area (Å²) >= 11 is 0. The van der Waals surface area contributed by atoms with Crippen LogP contribution in [0.25, 0.3) is 0 Å². The molecule has 1 saturated heterocycles. The maximum atomic E-state index is 13.3. The predicted molar refractivity (Wildman–Crippen MR) is 172 cm³/mol. The Labute approximate surface area is 256 Å². The monoisotopic (exact) mass is 587 g/mol. The van der Waals surface area contributed by atoms with Crippen molar-refractivity contribution in [3.05, 3.63) is 101 Å². The molecule has 3 aromatic rings. The zero-order valence-corrected chi connectivity index (χ0v) is 25.3. The van der Waals surface area contributed by atoms with Crippen LogP contribution in [0.3, 0.4) is 0 Å². The minimum Gasteiger partial charge on any atom is -0.508 e. The first kappa shape index (κ1) is 32.7. The number of unbranched alkanes of at least 4 members (excludes halogenated alkanes) is 6. The number of carbonyl (C=O) groups excluding carboxylic acids is 1. The number of carbonyl (C=O) groups is 1. The molecule has 1 aliphatic rings. The van der Waals surface area contributed by atoms with Gasteiger partial charge in [0.1, 0.15) is 11.2 Å². The molecular formula is C36H49N3O4. The van der Waals surface area contributed by atoms with Gasteiger partial charge in [-0.1, -0.05) is 98.8 Å². The van der Waals surface area contributed by atoms with E-state index in [1.54, 1.807) is 12.1 Å². The number of hydrogen-bond acceptors (Lipinski definition) is 6. The fraction of sp³-hybridized carbons (Fsp3) is 0.472. The van der Waals surface area contributed by atoms with Crippen LogP contribution in [0.5, 0.6) is 5.75 Å². The highest BCUT2D eigenvalue weighted by Gasteiger charge is 2.49. The Balaban J connectivity index is 1.12. The van der Waals surface area contributed by atoms with Crippen LogP contribution in [0, 0.1) is 5.92 Å². The van der Waals surface area contributed by atoms with Gasteiger partial charge in [-0.3, -0.25) is 4.79 Å². The Morgan fingerprint density at radius 1 is 0.907 bits per heavy atom. The van der Waals surface area contributed by atoms with Crippen molar-refractivity contribution in [1.29, 1.82) is 0 Å². The molecule has 1 aliphatic heterocycles. The second kappa shape index (κ2) is 16.6. The molecule has 7 nitrogen and oxygen atoms in total. The third kappa shape index (κ3) is 8.45. The van der Waals surface area contributed by atoms with Crippen LogP contribution in [-0.4, -0.2) is 58.9 Å². The molecule has 0 aromatic heterocycles. The van der Waals surface area contributed by atoms with E-state index in [4.69, 9.17) is 5.73 Å². The molecular weight excluding hydrogens is 538 g/mol. The zero-order chi connectivity index (χ0) is 30.5. The predicted octanol–water partition coefficient (Wildman–Crippen LogP) is 5.03. The number of aromatic hydroxyl groups is 1. The van der Waals surface area contributed by atoms with Crippen LogP contribution in [0.4, 0.5) is 0 Å². The number of aliphatic hydroxyl groups is 2. The molecule has 0 saturated carbocycles. The van der Waals surface area contributed by atoms with Gasteiger partial charge >= 0.3 is 0 Å². The van der Waals surface area contributed by atoms with Gasteiger partial charge in [0.05, 0.1) is 12.7 Å². The molecule has 0 spiro atoms. The van der Waals surface area contributed by atoms with Crippen molar-refractivity contribution in [3.63, 3.8) is 0 Å². The molecule has 4 rings (SSSR count). The van der Waals surface area contributed by atoms with Crippen LogP contribution in [0.2, 0.25) is 0 Å². The van der Waals surface area contributed by atoms with E-state index in [9.17, 15) is 20.1 Å². The molecule has 0 radical (unpaired) electrons. The minimum atomic E-state index is -0.820. The Morgan fingerprint density at radius 3 is 2.12 bits per heavy atom. The molecule has 6 N–H and O–H groups in total. The highest BCUT2D eigenvalue weighted by molar-refractivity contribution is 5.91. The molecule has 43 heavy (non-hydrogen) atoms. The first-order valence-electron chi connectivity index (χ1n) is 15.9. The van der Waals surface area contributed by atoms with E-state index >= 15 is 0 Å². The number of amides is 1. The van der Waals surface area contributed by atoms with Gasteiger partial charge in [0.25, 0.3) is 0 Å². The van der Waals surface area contributed by atoms with Gasteiger partial charge in [0.15, 0.2) is 0 Å². The van der Waals surface area contributed by atoms with E-state index in [-0.39, 0.29) is 24.2 Å². The highest BCUT2D eigenvalue weighted by atomic mass is 16.3. The Morgan fingerprint density at radius 2 is 1.51 bits per heavy atom. The van der Waals surface area contributed by atoms with Crippen LogP contribution >= 0.6 is 0 Å². The maximum absolute atomic E-state index is 13.3. The second-order valence-electron chi connectivity index (χ2n) is 11.9. The number of hydrogen-bond donors (Lipinski definition) is 5. The number of nitrogens with one attached hydrogen (secondary N) is 1.